The number of amides is 2. The van der Waals surface area contributed by atoms with Gasteiger partial charge in [0.05, 0.1) is 11.9 Å². The first-order valence-corrected chi connectivity index (χ1v) is 12.7. The van der Waals surface area contributed by atoms with E-state index in [0.29, 0.717) is 5.69 Å². The summed E-state index contributed by atoms with van der Waals surface area (Å²) in [4.78, 5) is 27.8. The maximum atomic E-state index is 13.5. The molecule has 0 aliphatic rings. The van der Waals surface area contributed by atoms with Crippen LogP contribution in [0.3, 0.4) is 0 Å². The molecule has 7 nitrogen and oxygen atoms in total. The fraction of sp³-hybridized carbons (Fsp3) is 0.440. The highest BCUT2D eigenvalue weighted by Gasteiger charge is 2.31. The first-order valence-electron chi connectivity index (χ1n) is 10.9. The molecule has 0 bridgehead atoms. The Morgan fingerprint density at radius 1 is 1.03 bits per heavy atom. The first kappa shape index (κ1) is 26.4. The van der Waals surface area contributed by atoms with Crippen molar-refractivity contribution >= 4 is 27.5 Å². The molecule has 0 saturated carbocycles. The Bertz CT molecular complexity index is 1090. The number of anilines is 1. The van der Waals surface area contributed by atoms with E-state index in [-0.39, 0.29) is 12.5 Å². The second-order valence-corrected chi connectivity index (χ2v) is 11.4. The van der Waals surface area contributed by atoms with Crippen LogP contribution in [0.4, 0.5) is 5.69 Å². The first-order chi connectivity index (χ1) is 15.2. The van der Waals surface area contributed by atoms with E-state index in [2.05, 4.69) is 5.32 Å². The highest BCUT2D eigenvalue weighted by atomic mass is 32.2. The van der Waals surface area contributed by atoms with Gasteiger partial charge in [0.1, 0.15) is 12.6 Å². The van der Waals surface area contributed by atoms with E-state index in [9.17, 15) is 18.0 Å². The number of carbonyl (C=O) groups is 2. The van der Waals surface area contributed by atoms with Crippen LogP contribution >= 0.6 is 0 Å². The van der Waals surface area contributed by atoms with Crippen molar-refractivity contribution in [3.8, 4) is 0 Å². The molecule has 180 valence electrons. The third kappa shape index (κ3) is 7.60. The minimum absolute atomic E-state index is 0.183. The normalized spacial score (nSPS) is 12.7. The minimum Gasteiger partial charge on any atom is -0.350 e. The molecule has 2 aromatic carbocycles. The van der Waals surface area contributed by atoms with Crippen LogP contribution in [0.1, 0.15) is 44.4 Å². The number of nitrogens with zero attached hydrogens (tertiary/aromatic N) is 2. The lowest BCUT2D eigenvalue weighted by molar-refractivity contribution is -0.140. The van der Waals surface area contributed by atoms with Crippen LogP contribution in [0.2, 0.25) is 0 Å². The van der Waals surface area contributed by atoms with Crippen molar-refractivity contribution in [2.24, 2.45) is 0 Å². The molecule has 2 aromatic rings. The zero-order valence-corrected chi connectivity index (χ0v) is 21.4. The summed E-state index contributed by atoms with van der Waals surface area (Å²) in [6, 6.07) is 13.9. The number of benzene rings is 2. The summed E-state index contributed by atoms with van der Waals surface area (Å²) in [6.07, 6.45) is 1.08. The molecule has 1 N–H and O–H groups in total. The van der Waals surface area contributed by atoms with Crippen LogP contribution in [-0.2, 0) is 26.2 Å². The fourth-order valence-corrected chi connectivity index (χ4v) is 4.42. The summed E-state index contributed by atoms with van der Waals surface area (Å²) in [5.41, 5.74) is 2.57. The van der Waals surface area contributed by atoms with Crippen molar-refractivity contribution in [2.75, 3.05) is 17.1 Å². The lowest BCUT2D eigenvalue weighted by Crippen LogP contribution is -2.54. The number of sulfonamides is 1. The molecule has 0 unspecified atom stereocenters. The lowest BCUT2D eigenvalue weighted by atomic mass is 10.1. The molecular formula is C25H35N3O4S. The number of hydrogen-bond donors (Lipinski definition) is 1. The summed E-state index contributed by atoms with van der Waals surface area (Å²) in [5, 5.41) is 2.91. The van der Waals surface area contributed by atoms with E-state index < -0.39 is 34.1 Å². The SMILES string of the molecule is Cc1ccc(N(CC(=O)N(Cc2ccccc2)[C@H](C)C(=O)NC(C)(C)C)S(C)(=O)=O)c(C)c1. The highest BCUT2D eigenvalue weighted by molar-refractivity contribution is 7.92. The van der Waals surface area contributed by atoms with E-state index in [1.54, 1.807) is 13.0 Å². The highest BCUT2D eigenvalue weighted by Crippen LogP contribution is 2.24. The molecule has 0 spiro atoms. The van der Waals surface area contributed by atoms with Gasteiger partial charge in [-0.2, -0.15) is 0 Å². The second kappa shape index (κ2) is 10.4. The molecule has 33 heavy (non-hydrogen) atoms. The summed E-state index contributed by atoms with van der Waals surface area (Å²) in [7, 11) is -3.74. The van der Waals surface area contributed by atoms with Gasteiger partial charge in [-0.15, -0.1) is 0 Å². The predicted molar refractivity (Wildman–Crippen MR) is 132 cm³/mol. The largest absolute Gasteiger partial charge is 0.350 e. The van der Waals surface area contributed by atoms with Crippen LogP contribution in [0.15, 0.2) is 48.5 Å². The molecule has 0 aliphatic carbocycles. The molecule has 0 heterocycles. The Morgan fingerprint density at radius 3 is 2.15 bits per heavy atom. The molecule has 2 rings (SSSR count). The number of hydrogen-bond acceptors (Lipinski definition) is 4. The van der Waals surface area contributed by atoms with E-state index >= 15 is 0 Å². The Kier molecular flexibility index (Phi) is 8.30. The summed E-state index contributed by atoms with van der Waals surface area (Å²) in [5.74, 6) is -0.759. The van der Waals surface area contributed by atoms with Gasteiger partial charge < -0.3 is 10.2 Å². The Labute approximate surface area is 197 Å². The Morgan fingerprint density at radius 2 is 1.64 bits per heavy atom. The van der Waals surface area contributed by atoms with Crippen molar-refractivity contribution in [3.63, 3.8) is 0 Å². The van der Waals surface area contributed by atoms with Crippen LogP contribution in [-0.4, -0.2) is 49.5 Å². The van der Waals surface area contributed by atoms with Crippen LogP contribution in [0.25, 0.3) is 0 Å². The van der Waals surface area contributed by atoms with Gasteiger partial charge in [-0.25, -0.2) is 8.42 Å². The Hall–Kier alpha value is -2.87. The second-order valence-electron chi connectivity index (χ2n) is 9.48. The van der Waals surface area contributed by atoms with Gasteiger partial charge in [0, 0.05) is 12.1 Å². The third-order valence-corrected chi connectivity index (χ3v) is 6.29. The van der Waals surface area contributed by atoms with Crippen LogP contribution in [0.5, 0.6) is 0 Å². The average molecular weight is 474 g/mol. The van der Waals surface area contributed by atoms with E-state index in [1.807, 2.05) is 77.1 Å². The summed E-state index contributed by atoms with van der Waals surface area (Å²) in [6.45, 7) is 10.8. The van der Waals surface area contributed by atoms with Gasteiger partial charge in [0.2, 0.25) is 21.8 Å². The average Bonchev–Trinajstić information content (AvgIpc) is 2.69. The molecule has 1 atom stereocenters. The van der Waals surface area contributed by atoms with Gasteiger partial charge in [0.25, 0.3) is 0 Å². The van der Waals surface area contributed by atoms with Gasteiger partial charge in [0.15, 0.2) is 0 Å². The molecule has 8 heteroatoms. The standard InChI is InChI=1S/C25H35N3O4S/c1-18-13-14-22(19(2)15-18)28(33(7,31)32)17-23(29)27(16-21-11-9-8-10-12-21)20(3)24(30)26-25(4,5)6/h8-15,20H,16-17H2,1-7H3,(H,26,30)/t20-/m1/s1. The molecule has 0 aliphatic heterocycles. The van der Waals surface area contributed by atoms with Crippen molar-refractivity contribution < 1.29 is 18.0 Å². The number of carbonyl (C=O) groups excluding carboxylic acids is 2. The van der Waals surface area contributed by atoms with Gasteiger partial charge in [-0.05, 0) is 58.7 Å². The van der Waals surface area contributed by atoms with Crippen molar-refractivity contribution in [1.29, 1.82) is 0 Å². The van der Waals surface area contributed by atoms with Gasteiger partial charge in [-0.3, -0.25) is 13.9 Å². The minimum atomic E-state index is -3.74. The lowest BCUT2D eigenvalue weighted by Gasteiger charge is -2.33. The monoisotopic (exact) mass is 473 g/mol. The van der Waals surface area contributed by atoms with E-state index in [1.165, 1.54) is 4.90 Å². The van der Waals surface area contributed by atoms with Crippen molar-refractivity contribution in [3.05, 3.63) is 65.2 Å². The van der Waals surface area contributed by atoms with Crippen LogP contribution < -0.4 is 9.62 Å². The molecule has 0 fully saturated rings. The maximum absolute atomic E-state index is 13.5. The zero-order valence-electron chi connectivity index (χ0n) is 20.5. The van der Waals surface area contributed by atoms with Crippen molar-refractivity contribution in [1.82, 2.24) is 10.2 Å². The van der Waals surface area contributed by atoms with Gasteiger partial charge in [-0.1, -0.05) is 48.0 Å². The Balaban J connectivity index is 2.41. The topological polar surface area (TPSA) is 86.8 Å². The molecular weight excluding hydrogens is 438 g/mol. The number of nitrogens with one attached hydrogen (secondary N) is 1. The quantitative estimate of drug-likeness (QED) is 0.637. The molecule has 0 saturated heterocycles. The molecule has 2 amide bonds. The summed E-state index contributed by atoms with van der Waals surface area (Å²) < 4.78 is 26.4. The third-order valence-electron chi connectivity index (χ3n) is 5.16. The number of aryl methyl sites for hydroxylation is 2. The molecule has 0 aromatic heterocycles. The van der Waals surface area contributed by atoms with E-state index in [4.69, 9.17) is 0 Å². The van der Waals surface area contributed by atoms with E-state index in [0.717, 1.165) is 27.3 Å². The molecule has 0 radical (unpaired) electrons. The van der Waals surface area contributed by atoms with Crippen LogP contribution in [0, 0.1) is 13.8 Å². The zero-order chi connectivity index (χ0) is 25.0. The maximum Gasteiger partial charge on any atom is 0.244 e. The van der Waals surface area contributed by atoms with Gasteiger partial charge >= 0.3 is 0 Å². The van der Waals surface area contributed by atoms with Crippen molar-refractivity contribution in [2.45, 2.75) is 59.7 Å². The predicted octanol–water partition coefficient (Wildman–Crippen LogP) is 3.40. The summed E-state index contributed by atoms with van der Waals surface area (Å²) >= 11 is 0. The fourth-order valence-electron chi connectivity index (χ4n) is 3.52. The smallest absolute Gasteiger partial charge is 0.244 e. The number of rotatable bonds is 8.